The Morgan fingerprint density at radius 1 is 1.10 bits per heavy atom. The maximum absolute atomic E-state index is 12.6. The average Bonchev–Trinajstić information content (AvgIpc) is 2.99. The topological polar surface area (TPSA) is 136 Å². The molecule has 1 saturated heterocycles. The number of carbonyl (C=O) groups is 2. The molecule has 0 spiro atoms. The Labute approximate surface area is 185 Å². The summed E-state index contributed by atoms with van der Waals surface area (Å²) in [5.41, 5.74) is 0.704. The molecule has 1 fully saturated rings. The number of hydrogen-bond donors (Lipinski definition) is 1. The van der Waals surface area contributed by atoms with Crippen molar-refractivity contribution < 1.29 is 19.4 Å². The Morgan fingerprint density at radius 2 is 1.77 bits per heavy atom. The molecular weight excluding hydrogens is 444 g/mol. The van der Waals surface area contributed by atoms with Gasteiger partial charge in [0.2, 0.25) is 5.91 Å². The fourth-order valence-electron chi connectivity index (χ4n) is 2.68. The van der Waals surface area contributed by atoms with E-state index in [0.717, 1.165) is 11.8 Å². The van der Waals surface area contributed by atoms with Gasteiger partial charge < -0.3 is 5.32 Å². The maximum Gasteiger partial charge on any atom is 0.270 e. The van der Waals surface area contributed by atoms with E-state index in [-0.39, 0.29) is 40.5 Å². The van der Waals surface area contributed by atoms with E-state index >= 15 is 0 Å². The van der Waals surface area contributed by atoms with Crippen LogP contribution in [-0.4, -0.2) is 37.4 Å². The Bertz CT molecular complexity index is 1120. The first-order valence-corrected chi connectivity index (χ1v) is 10.0. The lowest BCUT2D eigenvalue weighted by Crippen LogP contribution is -2.31. The lowest BCUT2D eigenvalue weighted by atomic mass is 10.2. The number of rotatable bonds is 7. The molecule has 0 unspecified atom stereocenters. The van der Waals surface area contributed by atoms with E-state index in [2.05, 4.69) is 5.32 Å². The first-order valence-electron chi connectivity index (χ1n) is 8.79. The largest absolute Gasteiger partial charge is 0.326 e. The van der Waals surface area contributed by atoms with Crippen molar-refractivity contribution in [3.8, 4) is 0 Å². The SMILES string of the molecule is O=C(CCN1C(=O)/C(=C/c2cccc([N+](=O)[O-])c2)SC1=S)Nc1ccc([N+](=O)[O-])cc1. The molecule has 1 aliphatic heterocycles. The van der Waals surface area contributed by atoms with Gasteiger partial charge in [0, 0.05) is 42.9 Å². The molecule has 12 heteroatoms. The molecule has 31 heavy (non-hydrogen) atoms. The molecule has 1 N–H and O–H groups in total. The average molecular weight is 458 g/mol. The summed E-state index contributed by atoms with van der Waals surface area (Å²) in [7, 11) is 0. The van der Waals surface area contributed by atoms with Crippen molar-refractivity contribution in [3.63, 3.8) is 0 Å². The van der Waals surface area contributed by atoms with Gasteiger partial charge >= 0.3 is 0 Å². The Kier molecular flexibility index (Phi) is 6.72. The van der Waals surface area contributed by atoms with Crippen LogP contribution in [0.1, 0.15) is 12.0 Å². The van der Waals surface area contributed by atoms with Crippen LogP contribution in [0, 0.1) is 20.2 Å². The van der Waals surface area contributed by atoms with Crippen molar-refractivity contribution in [1.82, 2.24) is 4.90 Å². The van der Waals surface area contributed by atoms with Gasteiger partial charge in [-0.1, -0.05) is 36.1 Å². The summed E-state index contributed by atoms with van der Waals surface area (Å²) in [6.45, 7) is 0.0513. The van der Waals surface area contributed by atoms with Crippen LogP contribution < -0.4 is 5.32 Å². The minimum Gasteiger partial charge on any atom is -0.326 e. The number of thiocarbonyl (C=S) groups is 1. The number of hydrogen-bond acceptors (Lipinski definition) is 8. The van der Waals surface area contributed by atoms with Crippen molar-refractivity contribution in [2.75, 3.05) is 11.9 Å². The maximum atomic E-state index is 12.6. The van der Waals surface area contributed by atoms with E-state index in [1.54, 1.807) is 6.07 Å². The molecule has 3 rings (SSSR count). The summed E-state index contributed by atoms with van der Waals surface area (Å²) in [6, 6.07) is 11.2. The van der Waals surface area contributed by atoms with Gasteiger partial charge in [-0.3, -0.25) is 34.7 Å². The predicted octanol–water partition coefficient (Wildman–Crippen LogP) is 3.73. The number of carbonyl (C=O) groups excluding carboxylic acids is 2. The second kappa shape index (κ2) is 9.45. The van der Waals surface area contributed by atoms with Gasteiger partial charge in [0.25, 0.3) is 17.3 Å². The van der Waals surface area contributed by atoms with Crippen LogP contribution in [-0.2, 0) is 9.59 Å². The number of anilines is 1. The molecule has 2 aromatic carbocycles. The van der Waals surface area contributed by atoms with Crippen LogP contribution in [0.5, 0.6) is 0 Å². The highest BCUT2D eigenvalue weighted by Crippen LogP contribution is 2.33. The number of nitrogens with zero attached hydrogens (tertiary/aromatic N) is 3. The zero-order chi connectivity index (χ0) is 22.5. The third-order valence-corrected chi connectivity index (χ3v) is 5.55. The van der Waals surface area contributed by atoms with Gasteiger partial charge in [-0.2, -0.15) is 0 Å². The quantitative estimate of drug-likeness (QED) is 0.287. The smallest absolute Gasteiger partial charge is 0.270 e. The van der Waals surface area contributed by atoms with E-state index < -0.39 is 9.85 Å². The van der Waals surface area contributed by atoms with Gasteiger partial charge in [0.1, 0.15) is 4.32 Å². The molecule has 10 nitrogen and oxygen atoms in total. The molecule has 0 radical (unpaired) electrons. The molecule has 2 aromatic rings. The molecule has 0 saturated carbocycles. The van der Waals surface area contributed by atoms with Gasteiger partial charge in [-0.05, 0) is 23.8 Å². The lowest BCUT2D eigenvalue weighted by Gasteiger charge is -2.14. The van der Waals surface area contributed by atoms with Crippen LogP contribution in [0.3, 0.4) is 0 Å². The van der Waals surface area contributed by atoms with Crippen molar-refractivity contribution in [1.29, 1.82) is 0 Å². The first-order chi connectivity index (χ1) is 14.7. The van der Waals surface area contributed by atoms with Crippen LogP contribution in [0.2, 0.25) is 0 Å². The summed E-state index contributed by atoms with van der Waals surface area (Å²) < 4.78 is 0.282. The van der Waals surface area contributed by atoms with E-state index in [1.807, 2.05) is 0 Å². The number of amides is 2. The summed E-state index contributed by atoms with van der Waals surface area (Å²) in [4.78, 5) is 46.9. The number of nitro groups is 2. The second-order valence-electron chi connectivity index (χ2n) is 6.29. The number of nitrogens with one attached hydrogen (secondary N) is 1. The summed E-state index contributed by atoms with van der Waals surface area (Å²) in [5, 5.41) is 24.2. The van der Waals surface area contributed by atoms with Crippen molar-refractivity contribution in [2.45, 2.75) is 6.42 Å². The van der Waals surface area contributed by atoms with E-state index in [0.29, 0.717) is 16.2 Å². The summed E-state index contributed by atoms with van der Waals surface area (Å²) in [6.07, 6.45) is 1.48. The molecule has 0 aromatic heterocycles. The minimum absolute atomic E-state index is 0.0342. The van der Waals surface area contributed by atoms with Crippen LogP contribution >= 0.6 is 24.0 Å². The Hall–Kier alpha value is -3.64. The zero-order valence-corrected chi connectivity index (χ0v) is 17.4. The molecule has 1 heterocycles. The summed E-state index contributed by atoms with van der Waals surface area (Å²) in [5.74, 6) is -0.768. The number of thioether (sulfide) groups is 1. The Morgan fingerprint density at radius 3 is 2.42 bits per heavy atom. The lowest BCUT2D eigenvalue weighted by molar-refractivity contribution is -0.385. The molecule has 0 bridgehead atoms. The predicted molar refractivity (Wildman–Crippen MR) is 119 cm³/mol. The normalized spacial score (nSPS) is 14.7. The molecule has 2 amide bonds. The highest BCUT2D eigenvalue weighted by molar-refractivity contribution is 8.26. The molecule has 158 valence electrons. The number of nitro benzene ring substituents is 2. The third kappa shape index (κ3) is 5.49. The standard InChI is InChI=1S/C19H14N4O6S2/c24-17(20-13-4-6-14(7-5-13)22(26)27)8-9-21-18(25)16(31-19(21)30)11-12-2-1-3-15(10-12)23(28)29/h1-7,10-11H,8-9H2,(H,20,24)/b16-11-. The van der Waals surface area contributed by atoms with Crippen molar-refractivity contribution in [2.24, 2.45) is 0 Å². The van der Waals surface area contributed by atoms with E-state index in [1.165, 1.54) is 53.4 Å². The van der Waals surface area contributed by atoms with Gasteiger partial charge in [-0.25, -0.2) is 0 Å². The number of non-ortho nitro benzene ring substituents is 2. The molecule has 0 aliphatic carbocycles. The highest BCUT2D eigenvalue weighted by atomic mass is 32.2. The third-order valence-electron chi connectivity index (χ3n) is 4.18. The summed E-state index contributed by atoms with van der Waals surface area (Å²) >= 11 is 6.28. The van der Waals surface area contributed by atoms with Gasteiger partial charge in [-0.15, -0.1) is 0 Å². The van der Waals surface area contributed by atoms with Gasteiger partial charge in [0.15, 0.2) is 0 Å². The second-order valence-corrected chi connectivity index (χ2v) is 7.96. The zero-order valence-electron chi connectivity index (χ0n) is 15.7. The molecular formula is C19H14N4O6S2. The minimum atomic E-state index is -0.540. The van der Waals surface area contributed by atoms with Crippen molar-refractivity contribution in [3.05, 3.63) is 79.2 Å². The first kappa shape index (κ1) is 22.1. The fourth-order valence-corrected chi connectivity index (χ4v) is 3.98. The van der Waals surface area contributed by atoms with Crippen LogP contribution in [0.15, 0.2) is 53.4 Å². The highest BCUT2D eigenvalue weighted by Gasteiger charge is 2.32. The fraction of sp³-hybridized carbons (Fsp3) is 0.105. The van der Waals surface area contributed by atoms with Crippen LogP contribution in [0.4, 0.5) is 17.1 Å². The monoisotopic (exact) mass is 458 g/mol. The molecule has 0 atom stereocenters. The van der Waals surface area contributed by atoms with Crippen LogP contribution in [0.25, 0.3) is 6.08 Å². The van der Waals surface area contributed by atoms with Gasteiger partial charge in [0.05, 0.1) is 14.8 Å². The molecule has 1 aliphatic rings. The van der Waals surface area contributed by atoms with E-state index in [9.17, 15) is 29.8 Å². The van der Waals surface area contributed by atoms with E-state index in [4.69, 9.17) is 12.2 Å². The Balaban J connectivity index is 1.61. The van der Waals surface area contributed by atoms with Crippen molar-refractivity contribution >= 4 is 63.3 Å². The number of benzene rings is 2.